The highest BCUT2D eigenvalue weighted by Crippen LogP contribution is 2.68. The van der Waals surface area contributed by atoms with Crippen molar-refractivity contribution in [2.75, 3.05) is 25.7 Å². The predicted molar refractivity (Wildman–Crippen MR) is 183 cm³/mol. The molecule has 0 aromatic heterocycles. The van der Waals surface area contributed by atoms with Gasteiger partial charge >= 0.3 is 0 Å². The van der Waals surface area contributed by atoms with Gasteiger partial charge in [0.1, 0.15) is 17.6 Å². The minimum atomic E-state index is -3.80. The molecule has 0 N–H and O–H groups in total. The molecule has 0 fully saturated rings. The van der Waals surface area contributed by atoms with Crippen LogP contribution >= 0.6 is 47.0 Å². The van der Waals surface area contributed by atoms with Gasteiger partial charge in [-0.1, -0.05) is 113 Å². The predicted octanol–water partition coefficient (Wildman–Crippen LogP) is 9.10. The van der Waals surface area contributed by atoms with Crippen molar-refractivity contribution in [3.05, 3.63) is 29.8 Å². The third-order valence-electron chi connectivity index (χ3n) is 7.31. The van der Waals surface area contributed by atoms with Gasteiger partial charge in [-0.15, -0.1) is 0 Å². The van der Waals surface area contributed by atoms with E-state index < -0.39 is 19.7 Å². The Bertz CT molecular complexity index is 1440. The minimum absolute atomic E-state index is 0.296. The standard InChI is InChI=1S/C30H40N2O6S6/c1-8-12-14-19(10-3)17-37-22-24-25(40-29(39-24)21(16-31)43(6,33)34)23(38-18-20(11-4)15-13-9-2)27-26(22)41-30(42-27)28(32-5)44(7,35)36/h19-20H,8-15,17-18H2,1-4,6-7H3. The molecule has 2 atom stereocenters. The zero-order chi connectivity index (χ0) is 32.7. The molecule has 0 bridgehead atoms. The van der Waals surface area contributed by atoms with Crippen molar-refractivity contribution in [3.63, 3.8) is 0 Å². The lowest BCUT2D eigenvalue weighted by atomic mass is 10.0. The first-order chi connectivity index (χ1) is 20.8. The van der Waals surface area contributed by atoms with E-state index in [9.17, 15) is 22.1 Å². The minimum Gasteiger partial charge on any atom is -0.491 e. The van der Waals surface area contributed by atoms with E-state index in [0.29, 0.717) is 64.6 Å². The molecule has 2 unspecified atom stereocenters. The number of sulfone groups is 2. The highest BCUT2D eigenvalue weighted by molar-refractivity contribution is 8.26. The van der Waals surface area contributed by atoms with Crippen molar-refractivity contribution in [2.45, 2.75) is 98.6 Å². The van der Waals surface area contributed by atoms with Crippen molar-refractivity contribution in [1.29, 1.82) is 5.26 Å². The van der Waals surface area contributed by atoms with Gasteiger partial charge in [0.2, 0.25) is 0 Å². The molecule has 1 aromatic rings. The quantitative estimate of drug-likeness (QED) is 0.121. The first-order valence-electron chi connectivity index (χ1n) is 14.7. The van der Waals surface area contributed by atoms with Crippen LogP contribution in [0.5, 0.6) is 11.5 Å². The SMILES string of the molecule is [C-]#[N+]C(=C1Sc2c(OCC(CC)CCCC)c3c(c(OCC(CC)CCCC)c2S1)SC(=C(C#N)S(C)(=O)=O)S3)S(C)(=O)=O. The van der Waals surface area contributed by atoms with Crippen molar-refractivity contribution in [2.24, 2.45) is 11.8 Å². The number of fused-ring (bicyclic) bond motifs is 2. The maximum Gasteiger partial charge on any atom is 0.298 e. The van der Waals surface area contributed by atoms with Gasteiger partial charge < -0.3 is 9.47 Å². The molecular formula is C30H40N2O6S6. The first kappa shape index (κ1) is 37.0. The summed E-state index contributed by atoms with van der Waals surface area (Å²) in [6.45, 7) is 17.0. The molecule has 0 saturated carbocycles. The lowest BCUT2D eigenvalue weighted by Crippen LogP contribution is -2.14. The molecule has 242 valence electrons. The van der Waals surface area contributed by atoms with Crippen LogP contribution in [-0.4, -0.2) is 42.6 Å². The largest absolute Gasteiger partial charge is 0.491 e. The van der Waals surface area contributed by atoms with E-state index in [1.54, 1.807) is 0 Å². The second kappa shape index (κ2) is 16.4. The zero-order valence-corrected chi connectivity index (χ0v) is 30.9. The summed E-state index contributed by atoms with van der Waals surface area (Å²) in [7, 11) is -7.59. The van der Waals surface area contributed by atoms with Gasteiger partial charge in [0, 0.05) is 12.5 Å². The van der Waals surface area contributed by atoms with E-state index in [2.05, 4.69) is 32.5 Å². The van der Waals surface area contributed by atoms with Crippen molar-refractivity contribution >= 4 is 66.7 Å². The molecule has 0 aliphatic carbocycles. The van der Waals surface area contributed by atoms with E-state index in [1.807, 2.05) is 6.07 Å². The summed E-state index contributed by atoms with van der Waals surface area (Å²) in [4.78, 5) is 5.69. The van der Waals surface area contributed by atoms with Crippen molar-refractivity contribution in [3.8, 4) is 17.6 Å². The number of hydrogen-bond acceptors (Lipinski definition) is 11. The van der Waals surface area contributed by atoms with Crippen LogP contribution in [0.2, 0.25) is 0 Å². The monoisotopic (exact) mass is 716 g/mol. The summed E-state index contributed by atoms with van der Waals surface area (Å²) >= 11 is 4.70. The Morgan fingerprint density at radius 3 is 1.48 bits per heavy atom. The summed E-state index contributed by atoms with van der Waals surface area (Å²) in [5, 5.41) is 9.49. The molecule has 2 aliphatic rings. The third kappa shape index (κ3) is 8.89. The number of benzene rings is 1. The lowest BCUT2D eigenvalue weighted by molar-refractivity contribution is 0.210. The van der Waals surface area contributed by atoms with Gasteiger partial charge in [-0.3, -0.25) is 0 Å². The fourth-order valence-electron chi connectivity index (χ4n) is 4.60. The Kier molecular flexibility index (Phi) is 13.8. The van der Waals surface area contributed by atoms with Crippen molar-refractivity contribution < 1.29 is 26.3 Å². The van der Waals surface area contributed by atoms with E-state index in [0.717, 1.165) is 63.9 Å². The Labute approximate surface area is 280 Å². The average Bonchev–Trinajstić information content (AvgIpc) is 3.58. The summed E-state index contributed by atoms with van der Waals surface area (Å²) < 4.78 is 64.0. The number of nitrogens with zero attached hydrogens (tertiary/aromatic N) is 2. The Morgan fingerprint density at radius 1 is 0.773 bits per heavy atom. The molecular weight excluding hydrogens is 677 g/mol. The second-order valence-corrected chi connectivity index (χ2v) is 19.3. The second-order valence-electron chi connectivity index (χ2n) is 10.8. The molecule has 0 radical (unpaired) electrons. The molecule has 0 amide bonds. The number of ether oxygens (including phenoxy) is 2. The number of allylic oxidation sites excluding steroid dienone is 1. The van der Waals surface area contributed by atoms with Crippen molar-refractivity contribution in [1.82, 2.24) is 0 Å². The molecule has 44 heavy (non-hydrogen) atoms. The Morgan fingerprint density at radius 2 is 1.18 bits per heavy atom. The fourth-order valence-corrected chi connectivity index (χ4v) is 12.9. The van der Waals surface area contributed by atoms with Gasteiger partial charge in [-0.05, 0) is 24.7 Å². The van der Waals surface area contributed by atoms with Gasteiger partial charge in [0.05, 0.1) is 47.8 Å². The van der Waals surface area contributed by atoms with Crippen LogP contribution < -0.4 is 9.47 Å². The van der Waals surface area contributed by atoms with Gasteiger partial charge in [0.25, 0.3) is 5.03 Å². The molecule has 0 saturated heterocycles. The van der Waals surface area contributed by atoms with Gasteiger partial charge in [-0.2, -0.15) is 5.26 Å². The van der Waals surface area contributed by atoms with E-state index >= 15 is 0 Å². The van der Waals surface area contributed by atoms with Crippen LogP contribution in [0.25, 0.3) is 4.85 Å². The first-order valence-corrected chi connectivity index (χ1v) is 21.8. The molecule has 2 aliphatic heterocycles. The molecule has 8 nitrogen and oxygen atoms in total. The zero-order valence-electron chi connectivity index (χ0n) is 26.0. The number of unbranched alkanes of at least 4 members (excludes halogenated alkanes) is 2. The van der Waals surface area contributed by atoms with Crippen LogP contribution in [0.4, 0.5) is 0 Å². The van der Waals surface area contributed by atoms with Crippen LogP contribution in [0.3, 0.4) is 0 Å². The van der Waals surface area contributed by atoms with Crippen LogP contribution in [0, 0.1) is 29.7 Å². The Hall–Kier alpha value is -1.42. The lowest BCUT2D eigenvalue weighted by Gasteiger charge is -2.22. The summed E-state index contributed by atoms with van der Waals surface area (Å²) in [5.41, 5.74) is 0. The van der Waals surface area contributed by atoms with E-state index in [1.165, 1.54) is 47.0 Å². The smallest absolute Gasteiger partial charge is 0.298 e. The number of hydrogen-bond donors (Lipinski definition) is 0. The molecule has 1 aromatic carbocycles. The number of thioether (sulfide) groups is 4. The summed E-state index contributed by atoms with van der Waals surface area (Å²) in [6.07, 6.45) is 10.2. The number of rotatable bonds is 16. The van der Waals surface area contributed by atoms with Crippen LogP contribution in [0.15, 0.2) is 38.0 Å². The van der Waals surface area contributed by atoms with Crippen LogP contribution in [0.1, 0.15) is 79.1 Å². The fraction of sp³-hybridized carbons (Fsp3) is 0.600. The molecule has 0 spiro atoms. The summed E-state index contributed by atoms with van der Waals surface area (Å²) in [5.74, 6) is 1.62. The molecule has 14 heteroatoms. The van der Waals surface area contributed by atoms with Gasteiger partial charge in [0.15, 0.2) is 24.6 Å². The Balaban J connectivity index is 2.26. The summed E-state index contributed by atoms with van der Waals surface area (Å²) in [6, 6.07) is 1.88. The maximum absolute atomic E-state index is 12.6. The van der Waals surface area contributed by atoms with E-state index in [4.69, 9.17) is 16.0 Å². The maximum atomic E-state index is 12.6. The highest BCUT2D eigenvalue weighted by Gasteiger charge is 2.40. The molecule has 3 rings (SSSR count). The normalized spacial score (nSPS) is 15.6. The van der Waals surface area contributed by atoms with Crippen LogP contribution in [-0.2, 0) is 19.7 Å². The topological polar surface area (TPSA) is 115 Å². The highest BCUT2D eigenvalue weighted by atomic mass is 32.2. The number of nitriles is 1. The third-order valence-corrected chi connectivity index (χ3v) is 15.0. The average molecular weight is 717 g/mol. The van der Waals surface area contributed by atoms with Gasteiger partial charge in [-0.25, -0.2) is 21.7 Å². The molecule has 2 heterocycles. The van der Waals surface area contributed by atoms with E-state index in [-0.39, 0.29) is 9.93 Å².